The fourth-order valence-electron chi connectivity index (χ4n) is 10.6. The Kier molecular flexibility index (Phi) is 7.95. The summed E-state index contributed by atoms with van der Waals surface area (Å²) in [5.74, 6) is 0. The van der Waals surface area contributed by atoms with Crippen molar-refractivity contribution in [1.82, 2.24) is 14.5 Å². The molecule has 0 N–H and O–H groups in total. The van der Waals surface area contributed by atoms with Crippen molar-refractivity contribution in [3.8, 4) is 61.5 Å². The molecule has 0 bridgehead atoms. The second-order valence-corrected chi connectivity index (χ2v) is 17.8. The number of aromatic nitrogens is 3. The van der Waals surface area contributed by atoms with E-state index in [0.717, 1.165) is 33.1 Å². The van der Waals surface area contributed by atoms with Gasteiger partial charge in [-0.25, -0.2) is 4.98 Å². The SMILES string of the molecule is CC1(C)c2cc(-c3ccc(-c4ccc(-c5cnc6c7ccccc7c7ccccc7c6n5)cc4)cc3)ccc2-c2ccc(-c3ccc4c5ccccc5n(-c5ccccc5)c4c3)cc21. The Balaban J connectivity index is 0.788. The van der Waals surface area contributed by atoms with Gasteiger partial charge in [0.1, 0.15) is 0 Å². The fraction of sp³-hybridized carbons (Fsp3) is 0.0492. The molecule has 0 fully saturated rings. The summed E-state index contributed by atoms with van der Waals surface area (Å²) < 4.78 is 2.40. The van der Waals surface area contributed by atoms with Crippen molar-refractivity contribution >= 4 is 54.4 Å². The van der Waals surface area contributed by atoms with E-state index in [-0.39, 0.29) is 5.41 Å². The molecule has 0 saturated heterocycles. The highest BCUT2D eigenvalue weighted by atomic mass is 15.0. The molecule has 300 valence electrons. The van der Waals surface area contributed by atoms with Crippen LogP contribution in [0.5, 0.6) is 0 Å². The van der Waals surface area contributed by atoms with Gasteiger partial charge in [0.05, 0.1) is 34.0 Å². The number of hydrogen-bond donors (Lipinski definition) is 0. The first kappa shape index (κ1) is 36.5. The average Bonchev–Trinajstić information content (AvgIpc) is 3.81. The summed E-state index contributed by atoms with van der Waals surface area (Å²) >= 11 is 0. The maximum atomic E-state index is 5.20. The first-order chi connectivity index (χ1) is 31.5. The molecule has 0 unspecified atom stereocenters. The van der Waals surface area contributed by atoms with Crippen LogP contribution in [0, 0.1) is 0 Å². The molecule has 64 heavy (non-hydrogen) atoms. The van der Waals surface area contributed by atoms with Gasteiger partial charge in [-0.1, -0.05) is 184 Å². The predicted molar refractivity (Wildman–Crippen MR) is 268 cm³/mol. The molecule has 10 aromatic carbocycles. The molecule has 2 aromatic heterocycles. The van der Waals surface area contributed by atoms with E-state index < -0.39 is 0 Å². The second-order valence-electron chi connectivity index (χ2n) is 17.8. The van der Waals surface area contributed by atoms with Crippen LogP contribution in [0.4, 0.5) is 0 Å². The molecule has 0 radical (unpaired) electrons. The Labute approximate surface area is 371 Å². The summed E-state index contributed by atoms with van der Waals surface area (Å²) in [6.07, 6.45) is 1.91. The van der Waals surface area contributed by atoms with Crippen LogP contribution in [-0.2, 0) is 5.41 Å². The van der Waals surface area contributed by atoms with E-state index in [1.54, 1.807) is 0 Å². The van der Waals surface area contributed by atoms with Crippen molar-refractivity contribution in [2.75, 3.05) is 0 Å². The van der Waals surface area contributed by atoms with Crippen molar-refractivity contribution in [1.29, 1.82) is 0 Å². The predicted octanol–water partition coefficient (Wildman–Crippen LogP) is 16.0. The summed E-state index contributed by atoms with van der Waals surface area (Å²) in [4.78, 5) is 10.2. The van der Waals surface area contributed by atoms with E-state index in [0.29, 0.717) is 0 Å². The first-order valence-corrected chi connectivity index (χ1v) is 22.1. The highest BCUT2D eigenvalue weighted by Crippen LogP contribution is 2.51. The summed E-state index contributed by atoms with van der Waals surface area (Å²) in [7, 11) is 0. The maximum Gasteiger partial charge on any atom is 0.0979 e. The van der Waals surface area contributed by atoms with Crippen molar-refractivity contribution in [2.45, 2.75) is 19.3 Å². The van der Waals surface area contributed by atoms with Crippen LogP contribution in [-0.4, -0.2) is 14.5 Å². The third-order valence-electron chi connectivity index (χ3n) is 13.9. The zero-order valence-corrected chi connectivity index (χ0v) is 35.5. The monoisotopic (exact) mass is 815 g/mol. The average molecular weight is 816 g/mol. The first-order valence-electron chi connectivity index (χ1n) is 22.1. The topological polar surface area (TPSA) is 30.7 Å². The van der Waals surface area contributed by atoms with Crippen LogP contribution in [0.25, 0.3) is 116 Å². The van der Waals surface area contributed by atoms with Crippen LogP contribution in [0.1, 0.15) is 25.0 Å². The zero-order chi connectivity index (χ0) is 42.5. The van der Waals surface area contributed by atoms with E-state index in [9.17, 15) is 0 Å². The summed E-state index contributed by atoms with van der Waals surface area (Å²) in [5.41, 5.74) is 19.9. The van der Waals surface area contributed by atoms with Crippen LogP contribution in [0.3, 0.4) is 0 Å². The minimum Gasteiger partial charge on any atom is -0.309 e. The van der Waals surface area contributed by atoms with Gasteiger partial charge in [0.15, 0.2) is 0 Å². The molecule has 1 aliphatic rings. The van der Waals surface area contributed by atoms with Gasteiger partial charge in [0.25, 0.3) is 0 Å². The lowest BCUT2D eigenvalue weighted by atomic mass is 9.81. The van der Waals surface area contributed by atoms with Crippen LogP contribution < -0.4 is 0 Å². The van der Waals surface area contributed by atoms with E-state index in [2.05, 4.69) is 225 Å². The molecular formula is C61H41N3. The van der Waals surface area contributed by atoms with Gasteiger partial charge in [0.2, 0.25) is 0 Å². The summed E-state index contributed by atoms with van der Waals surface area (Å²) in [6, 6.07) is 75.2. The fourth-order valence-corrected chi connectivity index (χ4v) is 10.6. The third kappa shape index (κ3) is 5.54. The highest BCUT2D eigenvalue weighted by Gasteiger charge is 2.36. The Morgan fingerprint density at radius 3 is 1.45 bits per heavy atom. The van der Waals surface area contributed by atoms with E-state index in [1.807, 2.05) is 6.20 Å². The number of para-hydroxylation sites is 2. The number of nitrogens with zero attached hydrogens (tertiary/aromatic N) is 3. The quantitative estimate of drug-likeness (QED) is 0.162. The van der Waals surface area contributed by atoms with E-state index >= 15 is 0 Å². The summed E-state index contributed by atoms with van der Waals surface area (Å²) in [5, 5.41) is 7.21. The van der Waals surface area contributed by atoms with Gasteiger partial charge in [-0.2, -0.15) is 0 Å². The van der Waals surface area contributed by atoms with Gasteiger partial charge in [-0.15, -0.1) is 0 Å². The molecule has 0 saturated carbocycles. The lowest BCUT2D eigenvalue weighted by Crippen LogP contribution is -2.15. The molecular weight excluding hydrogens is 775 g/mol. The lowest BCUT2D eigenvalue weighted by Gasteiger charge is -2.22. The zero-order valence-electron chi connectivity index (χ0n) is 35.5. The maximum absolute atomic E-state index is 5.20. The second kappa shape index (κ2) is 13.9. The smallest absolute Gasteiger partial charge is 0.0979 e. The summed E-state index contributed by atoms with van der Waals surface area (Å²) in [6.45, 7) is 4.75. The van der Waals surface area contributed by atoms with Crippen molar-refractivity contribution < 1.29 is 0 Å². The van der Waals surface area contributed by atoms with Crippen LogP contribution >= 0.6 is 0 Å². The van der Waals surface area contributed by atoms with Gasteiger partial charge < -0.3 is 4.57 Å². The number of hydrogen-bond acceptors (Lipinski definition) is 2. The third-order valence-corrected chi connectivity index (χ3v) is 13.9. The molecule has 12 aromatic rings. The van der Waals surface area contributed by atoms with Crippen LogP contribution in [0.2, 0.25) is 0 Å². The number of rotatable bonds is 5. The Bertz CT molecular complexity index is 3800. The molecule has 3 heteroatoms. The highest BCUT2D eigenvalue weighted by molar-refractivity contribution is 6.23. The Morgan fingerprint density at radius 1 is 0.359 bits per heavy atom. The molecule has 1 aliphatic carbocycles. The van der Waals surface area contributed by atoms with E-state index in [4.69, 9.17) is 9.97 Å². The number of benzene rings is 10. The molecule has 3 nitrogen and oxygen atoms in total. The van der Waals surface area contributed by atoms with Gasteiger partial charge >= 0.3 is 0 Å². The molecule has 0 spiro atoms. The molecule has 0 atom stereocenters. The largest absolute Gasteiger partial charge is 0.309 e. The van der Waals surface area contributed by atoms with E-state index in [1.165, 1.54) is 93.9 Å². The van der Waals surface area contributed by atoms with Crippen molar-refractivity contribution in [3.63, 3.8) is 0 Å². The minimum absolute atomic E-state index is 0.155. The van der Waals surface area contributed by atoms with Crippen molar-refractivity contribution in [3.05, 3.63) is 224 Å². The Morgan fingerprint density at radius 2 is 0.812 bits per heavy atom. The standard InChI is InChI=1S/C61H41N3/c1-61(2)54-34-42(28-31-48(54)49-32-29-43(35-55(49)61)44-30-33-51-50-16-10-11-19-57(50)64(58(51)36-44)45-12-4-3-5-13-45)40-22-20-38(21-23-40)39-24-26-41(27-25-39)56-37-62-59-52-17-8-6-14-46(52)47-15-7-9-18-53(47)60(59)63-56/h3-37H,1-2H3. The molecule has 0 aliphatic heterocycles. The number of fused-ring (bicyclic) bond motifs is 12. The Hall–Kier alpha value is -8.14. The van der Waals surface area contributed by atoms with Gasteiger partial charge in [-0.3, -0.25) is 4.98 Å². The normalized spacial score (nSPS) is 13.0. The van der Waals surface area contributed by atoms with Crippen LogP contribution in [0.15, 0.2) is 212 Å². The minimum atomic E-state index is -0.155. The lowest BCUT2D eigenvalue weighted by molar-refractivity contribution is 0.661. The molecule has 0 amide bonds. The van der Waals surface area contributed by atoms with Crippen molar-refractivity contribution in [2.24, 2.45) is 0 Å². The molecule has 2 heterocycles. The molecule has 13 rings (SSSR count). The van der Waals surface area contributed by atoms with Gasteiger partial charge in [-0.05, 0) is 103 Å². The van der Waals surface area contributed by atoms with Gasteiger partial charge in [0, 0.05) is 38.2 Å².